The molecule has 0 bridgehead atoms. The molecule has 0 spiro atoms. The number of carbonyl (C=O) groups is 1. The number of nitrogens with zero attached hydrogens (tertiary/aromatic N) is 1. The summed E-state index contributed by atoms with van der Waals surface area (Å²) in [5, 5.41) is 11.5. The van der Waals surface area contributed by atoms with Gasteiger partial charge < -0.3 is 10.4 Å². The first-order chi connectivity index (χ1) is 9.36. The number of phenols is 1. The number of rotatable bonds is 2. The van der Waals surface area contributed by atoms with E-state index in [4.69, 9.17) is 0 Å². The second-order valence-electron chi connectivity index (χ2n) is 4.75. The van der Waals surface area contributed by atoms with Crippen LogP contribution in [0.2, 0.25) is 0 Å². The van der Waals surface area contributed by atoms with Crippen molar-refractivity contribution in [3.63, 3.8) is 0 Å². The molecule has 1 saturated heterocycles. The molecule has 1 aliphatic rings. The predicted octanol–water partition coefficient (Wildman–Crippen LogP) is 1.64. The van der Waals surface area contributed by atoms with Crippen LogP contribution in [-0.4, -0.2) is 41.2 Å². The maximum atomic E-state index is 13.0. The Morgan fingerprint density at radius 3 is 2.55 bits per heavy atom. The number of aromatic hydroxyl groups is 1. The molecule has 2 N–H and O–H groups in total. The predicted molar refractivity (Wildman–Crippen MR) is 66.0 cm³/mol. The largest absolute Gasteiger partial charge is 0.508 e. The molecule has 0 aromatic heterocycles. The first kappa shape index (κ1) is 14.6. The fourth-order valence-corrected chi connectivity index (χ4v) is 2.18. The molecule has 0 radical (unpaired) electrons. The number of halogens is 3. The van der Waals surface area contributed by atoms with Crippen molar-refractivity contribution in [3.05, 3.63) is 29.8 Å². The fraction of sp³-hybridized carbons (Fsp3) is 0.462. The minimum atomic E-state index is -4.39. The zero-order valence-corrected chi connectivity index (χ0v) is 10.7. The summed E-state index contributed by atoms with van der Waals surface area (Å²) < 4.78 is 39.1. The van der Waals surface area contributed by atoms with Gasteiger partial charge in [0.2, 0.25) is 5.91 Å². The topological polar surface area (TPSA) is 52.6 Å². The average Bonchev–Trinajstić information content (AvgIpc) is 2.54. The zero-order valence-electron chi connectivity index (χ0n) is 10.7. The van der Waals surface area contributed by atoms with Gasteiger partial charge in [-0.15, -0.1) is 0 Å². The molecule has 1 atom stereocenters. The SMILES string of the molecule is O=C1CCN(Cc2ccc(O)cc2)C(C(F)(F)F)CN1. The fourth-order valence-electron chi connectivity index (χ4n) is 2.18. The van der Waals surface area contributed by atoms with Gasteiger partial charge >= 0.3 is 6.18 Å². The number of hydrogen-bond acceptors (Lipinski definition) is 3. The molecular weight excluding hydrogens is 273 g/mol. The Labute approximate surface area is 114 Å². The van der Waals surface area contributed by atoms with Gasteiger partial charge in [-0.3, -0.25) is 9.69 Å². The number of alkyl halides is 3. The van der Waals surface area contributed by atoms with E-state index < -0.39 is 18.8 Å². The lowest BCUT2D eigenvalue weighted by Gasteiger charge is -2.30. The van der Waals surface area contributed by atoms with Crippen LogP contribution in [0.15, 0.2) is 24.3 Å². The van der Waals surface area contributed by atoms with Crippen molar-refractivity contribution in [2.24, 2.45) is 0 Å². The first-order valence-electron chi connectivity index (χ1n) is 6.21. The molecule has 4 nitrogen and oxygen atoms in total. The van der Waals surface area contributed by atoms with E-state index in [0.717, 1.165) is 0 Å². The van der Waals surface area contributed by atoms with Crippen LogP contribution in [0.3, 0.4) is 0 Å². The van der Waals surface area contributed by atoms with Gasteiger partial charge in [-0.05, 0) is 17.7 Å². The summed E-state index contributed by atoms with van der Waals surface area (Å²) >= 11 is 0. The molecule has 1 amide bonds. The number of nitrogens with one attached hydrogen (secondary N) is 1. The van der Waals surface area contributed by atoms with Crippen molar-refractivity contribution in [1.29, 1.82) is 0 Å². The lowest BCUT2D eigenvalue weighted by atomic mass is 10.1. The summed E-state index contributed by atoms with van der Waals surface area (Å²) in [5.74, 6) is -0.304. The number of phenolic OH excluding ortho intramolecular Hbond substituents is 1. The zero-order chi connectivity index (χ0) is 14.8. The van der Waals surface area contributed by atoms with E-state index in [1.165, 1.54) is 17.0 Å². The third-order valence-electron chi connectivity index (χ3n) is 3.26. The summed E-state index contributed by atoms with van der Waals surface area (Å²) in [6.45, 7) is -0.295. The van der Waals surface area contributed by atoms with Crippen LogP contribution >= 0.6 is 0 Å². The van der Waals surface area contributed by atoms with Gasteiger partial charge in [-0.2, -0.15) is 13.2 Å². The van der Waals surface area contributed by atoms with E-state index in [-0.39, 0.29) is 31.2 Å². The Morgan fingerprint density at radius 2 is 1.95 bits per heavy atom. The highest BCUT2D eigenvalue weighted by molar-refractivity contribution is 5.76. The molecule has 1 aliphatic heterocycles. The molecular formula is C13H15F3N2O2. The van der Waals surface area contributed by atoms with Crippen molar-refractivity contribution in [2.75, 3.05) is 13.1 Å². The smallest absolute Gasteiger partial charge is 0.405 e. The van der Waals surface area contributed by atoms with Gasteiger partial charge in [0.15, 0.2) is 0 Å². The maximum absolute atomic E-state index is 13.0. The third-order valence-corrected chi connectivity index (χ3v) is 3.26. The minimum absolute atomic E-state index is 0.0463. The van der Waals surface area contributed by atoms with E-state index in [1.807, 2.05) is 0 Å². The maximum Gasteiger partial charge on any atom is 0.405 e. The Morgan fingerprint density at radius 1 is 1.30 bits per heavy atom. The Hall–Kier alpha value is -1.76. The normalized spacial score (nSPS) is 21.4. The van der Waals surface area contributed by atoms with E-state index in [1.54, 1.807) is 12.1 Å². The van der Waals surface area contributed by atoms with Gasteiger partial charge in [0.05, 0.1) is 0 Å². The number of amides is 1. The molecule has 1 fully saturated rings. The van der Waals surface area contributed by atoms with E-state index in [9.17, 15) is 23.1 Å². The second kappa shape index (κ2) is 5.70. The van der Waals surface area contributed by atoms with Crippen molar-refractivity contribution < 1.29 is 23.1 Å². The van der Waals surface area contributed by atoms with E-state index >= 15 is 0 Å². The minimum Gasteiger partial charge on any atom is -0.508 e. The van der Waals surface area contributed by atoms with Gasteiger partial charge in [0.25, 0.3) is 0 Å². The lowest BCUT2D eigenvalue weighted by Crippen LogP contribution is -2.49. The molecule has 0 saturated carbocycles. The Kier molecular flexibility index (Phi) is 4.17. The van der Waals surface area contributed by atoms with Crippen LogP contribution in [0.5, 0.6) is 5.75 Å². The number of carbonyl (C=O) groups excluding carboxylic acids is 1. The van der Waals surface area contributed by atoms with E-state index in [2.05, 4.69) is 5.32 Å². The molecule has 20 heavy (non-hydrogen) atoms. The highest BCUT2D eigenvalue weighted by atomic mass is 19.4. The van der Waals surface area contributed by atoms with Crippen LogP contribution in [0.4, 0.5) is 13.2 Å². The van der Waals surface area contributed by atoms with Gasteiger partial charge in [0, 0.05) is 26.1 Å². The quantitative estimate of drug-likeness (QED) is 0.870. The molecule has 1 aromatic carbocycles. The Balaban J connectivity index is 2.16. The van der Waals surface area contributed by atoms with Crippen LogP contribution in [0.25, 0.3) is 0 Å². The number of hydrogen-bond donors (Lipinski definition) is 2. The molecule has 1 aromatic rings. The molecule has 1 unspecified atom stereocenters. The summed E-state index contributed by atoms with van der Waals surface area (Å²) in [5.41, 5.74) is 0.659. The lowest BCUT2D eigenvalue weighted by molar-refractivity contribution is -0.182. The highest BCUT2D eigenvalue weighted by Crippen LogP contribution is 2.27. The third kappa shape index (κ3) is 3.63. The van der Waals surface area contributed by atoms with Crippen LogP contribution < -0.4 is 5.32 Å². The van der Waals surface area contributed by atoms with Crippen LogP contribution in [0, 0.1) is 0 Å². The summed E-state index contributed by atoms with van der Waals surface area (Å²) in [6, 6.07) is 4.31. The summed E-state index contributed by atoms with van der Waals surface area (Å²) in [6.07, 6.45) is -4.35. The number of benzene rings is 1. The molecule has 1 heterocycles. The second-order valence-corrected chi connectivity index (χ2v) is 4.75. The first-order valence-corrected chi connectivity index (χ1v) is 6.21. The Bertz CT molecular complexity index is 473. The van der Waals surface area contributed by atoms with Crippen molar-refractivity contribution in [2.45, 2.75) is 25.2 Å². The highest BCUT2D eigenvalue weighted by Gasteiger charge is 2.44. The van der Waals surface area contributed by atoms with Crippen LogP contribution in [0.1, 0.15) is 12.0 Å². The molecule has 2 rings (SSSR count). The van der Waals surface area contributed by atoms with Gasteiger partial charge in [-0.25, -0.2) is 0 Å². The molecule has 7 heteroatoms. The summed E-state index contributed by atoms with van der Waals surface area (Å²) in [4.78, 5) is 12.5. The molecule has 110 valence electrons. The monoisotopic (exact) mass is 288 g/mol. The van der Waals surface area contributed by atoms with E-state index in [0.29, 0.717) is 5.56 Å². The van der Waals surface area contributed by atoms with Gasteiger partial charge in [0.1, 0.15) is 11.8 Å². The average molecular weight is 288 g/mol. The van der Waals surface area contributed by atoms with Crippen molar-refractivity contribution in [1.82, 2.24) is 10.2 Å². The molecule has 0 aliphatic carbocycles. The summed E-state index contributed by atoms with van der Waals surface area (Å²) in [7, 11) is 0. The van der Waals surface area contributed by atoms with Gasteiger partial charge in [-0.1, -0.05) is 12.1 Å². The standard InChI is InChI=1S/C13H15F3N2O2/c14-13(15,16)11-7-17-12(20)5-6-18(11)8-9-1-3-10(19)4-2-9/h1-4,11,19H,5-8H2,(H,17,20). The van der Waals surface area contributed by atoms with Crippen molar-refractivity contribution in [3.8, 4) is 5.75 Å². The van der Waals surface area contributed by atoms with Crippen molar-refractivity contribution >= 4 is 5.91 Å². The van der Waals surface area contributed by atoms with Crippen LogP contribution in [-0.2, 0) is 11.3 Å².